The zero-order chi connectivity index (χ0) is 18.7. The normalized spacial score (nSPS) is 11.6. The molecule has 2 amide bonds. The molecule has 4 N–H and O–H groups in total. The van der Waals surface area contributed by atoms with E-state index in [1.807, 2.05) is 0 Å². The van der Waals surface area contributed by atoms with Crippen LogP contribution in [-0.4, -0.2) is 38.9 Å². The summed E-state index contributed by atoms with van der Waals surface area (Å²) in [5, 5.41) is 8.83. The quantitative estimate of drug-likeness (QED) is 0.725. The molecule has 0 aliphatic heterocycles. The molecule has 9 heteroatoms. The summed E-state index contributed by atoms with van der Waals surface area (Å²) in [5.74, 6) is -2.23. The number of nitrogens with zero attached hydrogens (tertiary/aromatic N) is 2. The highest BCUT2D eigenvalue weighted by molar-refractivity contribution is 6.15. The third-order valence-corrected chi connectivity index (χ3v) is 3.35. The molecule has 0 spiro atoms. The minimum atomic E-state index is -1.37. The molecule has 130 valence electrons. The number of nitrogens with two attached hydrogens (primary N) is 1. The molecule has 1 aromatic heterocycles. The molecule has 25 heavy (non-hydrogen) atoms. The Balaban J connectivity index is 2.38. The largest absolute Gasteiger partial charge is 0.477 e. The lowest BCUT2D eigenvalue weighted by atomic mass is 10.1. The smallest absolute Gasteiger partial charge is 0.342 e. The van der Waals surface area contributed by atoms with Crippen LogP contribution < -0.4 is 16.2 Å². The fourth-order valence-corrected chi connectivity index (χ4v) is 2.13. The van der Waals surface area contributed by atoms with Crippen LogP contribution in [0.5, 0.6) is 0 Å². The molecule has 0 unspecified atom stereocenters. The van der Waals surface area contributed by atoms with Gasteiger partial charge in [-0.05, 0) is 31.2 Å². The van der Waals surface area contributed by atoms with Crippen LogP contribution in [0.15, 0.2) is 35.3 Å². The van der Waals surface area contributed by atoms with Crippen LogP contribution in [0.25, 0.3) is 11.4 Å². The van der Waals surface area contributed by atoms with Crippen molar-refractivity contribution in [3.63, 3.8) is 0 Å². The van der Waals surface area contributed by atoms with E-state index < -0.39 is 34.9 Å². The molecule has 1 aromatic carbocycles. The van der Waals surface area contributed by atoms with Crippen molar-refractivity contribution in [2.45, 2.75) is 19.9 Å². The molecule has 2 aromatic rings. The number of nitrogens with one attached hydrogen (secondary N) is 1. The van der Waals surface area contributed by atoms with Crippen LogP contribution in [0.3, 0.4) is 0 Å². The van der Waals surface area contributed by atoms with Crippen molar-refractivity contribution in [2.24, 2.45) is 5.73 Å². The van der Waals surface area contributed by atoms with Gasteiger partial charge >= 0.3 is 5.97 Å². The highest BCUT2D eigenvalue weighted by Gasteiger charge is 2.23. The molecule has 1 atom stereocenters. The van der Waals surface area contributed by atoms with E-state index >= 15 is 0 Å². The minimum Gasteiger partial charge on any atom is -0.477 e. The van der Waals surface area contributed by atoms with Crippen molar-refractivity contribution in [1.29, 1.82) is 0 Å². The number of hydrogen-bond acceptors (Lipinski definition) is 6. The lowest BCUT2D eigenvalue weighted by Gasteiger charge is -2.21. The highest BCUT2D eigenvalue weighted by atomic mass is 16.4. The lowest BCUT2D eigenvalue weighted by Crippen LogP contribution is -2.44. The fraction of sp³-hybridized carbons (Fsp3) is 0.188. The zero-order valence-corrected chi connectivity index (χ0v) is 13.5. The Bertz CT molecular complexity index is 886. The summed E-state index contributed by atoms with van der Waals surface area (Å²) in [5.41, 5.74) is 5.10. The third kappa shape index (κ3) is 3.78. The summed E-state index contributed by atoms with van der Waals surface area (Å²) < 4.78 is 0. The van der Waals surface area contributed by atoms with Gasteiger partial charge in [-0.1, -0.05) is 0 Å². The maximum absolute atomic E-state index is 12.1. The Morgan fingerprint density at radius 2 is 1.84 bits per heavy atom. The number of carboxylic acid groups (broad SMARTS) is 1. The summed E-state index contributed by atoms with van der Waals surface area (Å²) >= 11 is 0. The van der Waals surface area contributed by atoms with Gasteiger partial charge in [0, 0.05) is 18.7 Å². The predicted octanol–water partition coefficient (Wildman–Crippen LogP) is 0.362. The fourth-order valence-electron chi connectivity index (χ4n) is 2.13. The molecule has 0 saturated heterocycles. The van der Waals surface area contributed by atoms with Crippen molar-refractivity contribution in [1.82, 2.24) is 9.97 Å². The van der Waals surface area contributed by atoms with Gasteiger partial charge in [0.2, 0.25) is 11.8 Å². The Morgan fingerprint density at radius 3 is 2.28 bits per heavy atom. The van der Waals surface area contributed by atoms with E-state index in [1.54, 1.807) is 12.1 Å². The van der Waals surface area contributed by atoms with E-state index in [1.165, 1.54) is 26.0 Å². The SMILES string of the molecule is CC(=O)N(C(=O)[C@@H](C)N)c1ccc(-c2ncc(C(=O)O)c(=O)[nH]2)cc1. The van der Waals surface area contributed by atoms with Crippen molar-refractivity contribution >= 4 is 23.5 Å². The maximum atomic E-state index is 12.1. The summed E-state index contributed by atoms with van der Waals surface area (Å²) in [7, 11) is 0. The van der Waals surface area contributed by atoms with Gasteiger partial charge in [0.1, 0.15) is 11.4 Å². The van der Waals surface area contributed by atoms with Gasteiger partial charge in [-0.3, -0.25) is 14.4 Å². The van der Waals surface area contributed by atoms with Gasteiger partial charge in [-0.15, -0.1) is 0 Å². The number of aromatic nitrogens is 2. The van der Waals surface area contributed by atoms with E-state index in [-0.39, 0.29) is 5.82 Å². The lowest BCUT2D eigenvalue weighted by molar-refractivity contribution is -0.126. The molecule has 0 aliphatic rings. The van der Waals surface area contributed by atoms with Crippen LogP contribution in [0, 0.1) is 0 Å². The van der Waals surface area contributed by atoms with Crippen molar-refractivity contribution in [3.05, 3.63) is 46.4 Å². The van der Waals surface area contributed by atoms with Gasteiger partial charge in [0.25, 0.3) is 5.56 Å². The molecule has 9 nitrogen and oxygen atoms in total. The Hall–Kier alpha value is -3.33. The van der Waals surface area contributed by atoms with Crippen LogP contribution in [0.1, 0.15) is 24.2 Å². The molecule has 0 radical (unpaired) electrons. The molecule has 0 bridgehead atoms. The topological polar surface area (TPSA) is 146 Å². The summed E-state index contributed by atoms with van der Waals surface area (Å²) in [6.45, 7) is 2.73. The maximum Gasteiger partial charge on any atom is 0.342 e. The van der Waals surface area contributed by atoms with E-state index in [0.717, 1.165) is 11.1 Å². The van der Waals surface area contributed by atoms with E-state index in [9.17, 15) is 19.2 Å². The average Bonchev–Trinajstić information content (AvgIpc) is 2.54. The molecule has 1 heterocycles. The summed E-state index contributed by atoms with van der Waals surface area (Å²) in [6.07, 6.45) is 0.964. The third-order valence-electron chi connectivity index (χ3n) is 3.35. The van der Waals surface area contributed by atoms with Crippen LogP contribution in [0.2, 0.25) is 0 Å². The number of anilines is 1. The molecule has 0 aliphatic carbocycles. The van der Waals surface area contributed by atoms with Crippen LogP contribution >= 0.6 is 0 Å². The van der Waals surface area contributed by atoms with Gasteiger partial charge < -0.3 is 15.8 Å². The average molecular weight is 344 g/mol. The van der Waals surface area contributed by atoms with Gasteiger partial charge in [-0.2, -0.15) is 0 Å². The van der Waals surface area contributed by atoms with Crippen molar-refractivity contribution < 1.29 is 19.5 Å². The van der Waals surface area contributed by atoms with Crippen LogP contribution in [0.4, 0.5) is 5.69 Å². The Morgan fingerprint density at radius 1 is 1.24 bits per heavy atom. The van der Waals surface area contributed by atoms with Gasteiger partial charge in [0.05, 0.1) is 11.7 Å². The number of hydrogen-bond donors (Lipinski definition) is 3. The number of aromatic amines is 1. The van der Waals surface area contributed by atoms with Gasteiger partial charge in [0.15, 0.2) is 0 Å². The van der Waals surface area contributed by atoms with Crippen molar-refractivity contribution in [3.8, 4) is 11.4 Å². The first kappa shape index (κ1) is 18.0. The van der Waals surface area contributed by atoms with Crippen LogP contribution in [-0.2, 0) is 9.59 Å². The number of rotatable bonds is 4. The Kier molecular flexibility index (Phi) is 5.08. The number of benzene rings is 1. The zero-order valence-electron chi connectivity index (χ0n) is 13.5. The summed E-state index contributed by atoms with van der Waals surface area (Å²) in [4.78, 5) is 53.5. The first-order valence-corrected chi connectivity index (χ1v) is 7.25. The first-order valence-electron chi connectivity index (χ1n) is 7.25. The molecular weight excluding hydrogens is 328 g/mol. The number of carbonyl (C=O) groups excluding carboxylic acids is 2. The second-order valence-corrected chi connectivity index (χ2v) is 5.31. The van der Waals surface area contributed by atoms with Crippen molar-refractivity contribution in [2.75, 3.05) is 4.90 Å². The number of carbonyl (C=O) groups is 3. The standard InChI is InChI=1S/C16H16N4O5/c1-8(17)15(23)20(9(2)21)11-5-3-10(4-6-11)13-18-7-12(16(24)25)14(22)19-13/h3-8H,17H2,1-2H3,(H,24,25)(H,18,19,22)/t8-/m1/s1. The number of aromatic carboxylic acids is 1. The predicted molar refractivity (Wildman–Crippen MR) is 89.1 cm³/mol. The van der Waals surface area contributed by atoms with E-state index in [0.29, 0.717) is 11.3 Å². The Labute approximate surface area is 142 Å². The minimum absolute atomic E-state index is 0.162. The second-order valence-electron chi connectivity index (χ2n) is 5.31. The molecule has 2 rings (SSSR count). The van der Waals surface area contributed by atoms with E-state index in [4.69, 9.17) is 10.8 Å². The number of carboxylic acids is 1. The number of amides is 2. The molecule has 0 saturated carbocycles. The van der Waals surface area contributed by atoms with Gasteiger partial charge in [-0.25, -0.2) is 14.7 Å². The molecule has 0 fully saturated rings. The monoisotopic (exact) mass is 344 g/mol. The second kappa shape index (κ2) is 7.05. The number of H-pyrrole nitrogens is 1. The molecular formula is C16H16N4O5. The summed E-state index contributed by atoms with van der Waals surface area (Å²) in [6, 6.07) is 5.24. The first-order chi connectivity index (χ1) is 11.7. The number of imide groups is 1. The van der Waals surface area contributed by atoms with E-state index in [2.05, 4.69) is 9.97 Å². The highest BCUT2D eigenvalue weighted by Crippen LogP contribution is 2.21.